The maximum atomic E-state index is 10.1. The molecular formula is C4H10NO2-. The largest absolute Gasteiger partial charge is 0.762 e. The summed E-state index contributed by atoms with van der Waals surface area (Å²) < 4.78 is 0. The van der Waals surface area contributed by atoms with Crippen LogP contribution < -0.4 is 0 Å². The number of hydrogen-bond donors (Lipinski definition) is 0. The van der Waals surface area contributed by atoms with E-state index in [9.17, 15) is 5.21 Å². The molecule has 0 aliphatic carbocycles. The Kier molecular flexibility index (Phi) is 3.98. The van der Waals surface area contributed by atoms with Crippen molar-refractivity contribution in [3.8, 4) is 0 Å². The lowest BCUT2D eigenvalue weighted by Gasteiger charge is -2.23. The van der Waals surface area contributed by atoms with Crippen molar-refractivity contribution in [1.29, 1.82) is 0 Å². The Bertz CT molecular complexity index is 40.7. The lowest BCUT2D eigenvalue weighted by Crippen LogP contribution is -2.14. The molecule has 3 nitrogen and oxygen atoms in total. The topological polar surface area (TPSA) is 35.5 Å². The minimum atomic E-state index is 0.455. The van der Waals surface area contributed by atoms with E-state index in [0.717, 1.165) is 6.42 Å². The smallest absolute Gasteiger partial charge is 0.0563 e. The van der Waals surface area contributed by atoms with Gasteiger partial charge in [0.2, 0.25) is 0 Å². The van der Waals surface area contributed by atoms with E-state index in [1.807, 2.05) is 6.92 Å². The van der Waals surface area contributed by atoms with Gasteiger partial charge in [0.05, 0.1) is 7.11 Å². The van der Waals surface area contributed by atoms with Gasteiger partial charge in [0, 0.05) is 6.54 Å². The molecule has 0 aliphatic rings. The second kappa shape index (κ2) is 4.05. The van der Waals surface area contributed by atoms with E-state index in [0.29, 0.717) is 11.8 Å². The van der Waals surface area contributed by atoms with Crippen molar-refractivity contribution in [1.82, 2.24) is 5.23 Å². The molecule has 0 unspecified atom stereocenters. The monoisotopic (exact) mass is 104 g/mol. The number of hydroxylamine groups is 2. The second-order valence-electron chi connectivity index (χ2n) is 1.24. The molecule has 0 rings (SSSR count). The first-order valence-electron chi connectivity index (χ1n) is 2.30. The number of nitrogens with zero attached hydrogens (tertiary/aromatic N) is 1. The lowest BCUT2D eigenvalue weighted by atomic mass is 10.5. The Morgan fingerprint density at radius 1 is 1.71 bits per heavy atom. The molecule has 3 heteroatoms. The first kappa shape index (κ1) is 6.88. The van der Waals surface area contributed by atoms with E-state index in [-0.39, 0.29) is 0 Å². The highest BCUT2D eigenvalue weighted by atomic mass is 16.9. The first-order valence-corrected chi connectivity index (χ1v) is 2.30. The van der Waals surface area contributed by atoms with E-state index in [4.69, 9.17) is 0 Å². The molecule has 0 atom stereocenters. The summed E-state index contributed by atoms with van der Waals surface area (Å²) in [5, 5.41) is 10.7. The average molecular weight is 104 g/mol. The van der Waals surface area contributed by atoms with E-state index >= 15 is 0 Å². The molecule has 0 saturated heterocycles. The van der Waals surface area contributed by atoms with Crippen molar-refractivity contribution in [3.05, 3.63) is 5.21 Å². The van der Waals surface area contributed by atoms with Gasteiger partial charge in [-0.05, 0) is 6.42 Å². The molecule has 0 spiro atoms. The fourth-order valence-electron chi connectivity index (χ4n) is 0.274. The zero-order chi connectivity index (χ0) is 5.70. The Morgan fingerprint density at radius 3 is 2.43 bits per heavy atom. The molecule has 0 bridgehead atoms. The van der Waals surface area contributed by atoms with Gasteiger partial charge < -0.3 is 10.0 Å². The molecule has 0 aromatic rings. The molecule has 44 valence electrons. The highest BCUT2D eigenvalue weighted by Gasteiger charge is 1.79. The van der Waals surface area contributed by atoms with Crippen molar-refractivity contribution < 1.29 is 4.84 Å². The van der Waals surface area contributed by atoms with Crippen LogP contribution in [0, 0.1) is 5.21 Å². The molecule has 0 aromatic heterocycles. The predicted octanol–water partition coefficient (Wildman–Crippen LogP) is 0.758. The second-order valence-corrected chi connectivity index (χ2v) is 1.24. The summed E-state index contributed by atoms with van der Waals surface area (Å²) in [6.07, 6.45) is 0.831. The molecular weight excluding hydrogens is 94.0 g/mol. The van der Waals surface area contributed by atoms with Crippen LogP contribution >= 0.6 is 0 Å². The van der Waals surface area contributed by atoms with Crippen LogP contribution in [-0.2, 0) is 4.84 Å². The molecule has 0 amide bonds. The third-order valence-electron chi connectivity index (χ3n) is 0.610. The van der Waals surface area contributed by atoms with Crippen LogP contribution in [0.15, 0.2) is 0 Å². The maximum absolute atomic E-state index is 10.1. The summed E-state index contributed by atoms with van der Waals surface area (Å²) >= 11 is 0. The van der Waals surface area contributed by atoms with Gasteiger partial charge in [-0.2, -0.15) is 0 Å². The Balaban J connectivity index is 2.83. The maximum Gasteiger partial charge on any atom is 0.0563 e. The molecule has 0 aromatic carbocycles. The van der Waals surface area contributed by atoms with Crippen LogP contribution in [-0.4, -0.2) is 18.9 Å². The zero-order valence-electron chi connectivity index (χ0n) is 4.68. The molecule has 0 aliphatic heterocycles. The van der Waals surface area contributed by atoms with Crippen molar-refractivity contribution >= 4 is 0 Å². The van der Waals surface area contributed by atoms with Crippen LogP contribution in [0.2, 0.25) is 0 Å². The van der Waals surface area contributed by atoms with Crippen molar-refractivity contribution in [2.24, 2.45) is 0 Å². The van der Waals surface area contributed by atoms with Crippen LogP contribution in [0.1, 0.15) is 13.3 Å². The van der Waals surface area contributed by atoms with Gasteiger partial charge in [0.1, 0.15) is 0 Å². The molecule has 0 fully saturated rings. The van der Waals surface area contributed by atoms with E-state index < -0.39 is 0 Å². The standard InChI is InChI=1S/C4H10NO2/c1-3-4-5(6)7-2/h3-4H2,1-2H3/q-1. The fraction of sp³-hybridized carbons (Fsp3) is 1.00. The molecule has 0 N–H and O–H groups in total. The Hall–Kier alpha value is -0.120. The molecule has 0 radical (unpaired) electrons. The molecule has 0 heterocycles. The van der Waals surface area contributed by atoms with E-state index in [1.54, 1.807) is 0 Å². The highest BCUT2D eigenvalue weighted by Crippen LogP contribution is 1.84. The van der Waals surface area contributed by atoms with Gasteiger partial charge in [-0.25, -0.2) is 0 Å². The normalized spacial score (nSPS) is 10.3. The molecule has 7 heavy (non-hydrogen) atoms. The Labute approximate surface area is 43.4 Å². The fourth-order valence-corrected chi connectivity index (χ4v) is 0.274. The summed E-state index contributed by atoms with van der Waals surface area (Å²) in [6, 6.07) is 0. The van der Waals surface area contributed by atoms with Crippen LogP contribution in [0.4, 0.5) is 0 Å². The van der Waals surface area contributed by atoms with Gasteiger partial charge in [-0.15, -0.1) is 0 Å². The summed E-state index contributed by atoms with van der Waals surface area (Å²) in [5.41, 5.74) is 0. The number of hydrogen-bond acceptors (Lipinski definition) is 3. The first-order chi connectivity index (χ1) is 3.31. The van der Waals surface area contributed by atoms with Crippen LogP contribution in [0.3, 0.4) is 0 Å². The van der Waals surface area contributed by atoms with Crippen LogP contribution in [0.5, 0.6) is 0 Å². The van der Waals surface area contributed by atoms with Gasteiger partial charge in [0.25, 0.3) is 0 Å². The zero-order valence-corrected chi connectivity index (χ0v) is 4.68. The minimum absolute atomic E-state index is 0.455. The average Bonchev–Trinajstić information content (AvgIpc) is 1.68. The quantitative estimate of drug-likeness (QED) is 0.496. The van der Waals surface area contributed by atoms with Crippen LogP contribution in [0.25, 0.3) is 0 Å². The third kappa shape index (κ3) is 3.72. The van der Waals surface area contributed by atoms with Gasteiger partial charge in [0.15, 0.2) is 0 Å². The van der Waals surface area contributed by atoms with Gasteiger partial charge in [-0.3, -0.25) is 5.23 Å². The minimum Gasteiger partial charge on any atom is -0.762 e. The van der Waals surface area contributed by atoms with Gasteiger partial charge in [-0.1, -0.05) is 6.92 Å². The summed E-state index contributed by atoms with van der Waals surface area (Å²) in [6.45, 7) is 2.38. The number of rotatable bonds is 3. The summed E-state index contributed by atoms with van der Waals surface area (Å²) in [5.74, 6) is 0. The third-order valence-corrected chi connectivity index (χ3v) is 0.610. The van der Waals surface area contributed by atoms with E-state index in [2.05, 4.69) is 4.84 Å². The molecule has 0 saturated carbocycles. The van der Waals surface area contributed by atoms with Crippen molar-refractivity contribution in [2.45, 2.75) is 13.3 Å². The van der Waals surface area contributed by atoms with Crippen molar-refractivity contribution in [3.63, 3.8) is 0 Å². The highest BCUT2D eigenvalue weighted by molar-refractivity contribution is 4.37. The summed E-state index contributed by atoms with van der Waals surface area (Å²) in [4.78, 5) is 4.27. The van der Waals surface area contributed by atoms with Crippen molar-refractivity contribution in [2.75, 3.05) is 13.7 Å². The van der Waals surface area contributed by atoms with E-state index in [1.165, 1.54) is 7.11 Å². The Morgan fingerprint density at radius 2 is 2.29 bits per heavy atom. The summed E-state index contributed by atoms with van der Waals surface area (Å²) in [7, 11) is 1.36. The lowest BCUT2D eigenvalue weighted by molar-refractivity contribution is -0.0870. The van der Waals surface area contributed by atoms with Gasteiger partial charge >= 0.3 is 0 Å². The predicted molar refractivity (Wildman–Crippen MR) is 27.4 cm³/mol. The SMILES string of the molecule is CCCN([O-])OC.